The van der Waals surface area contributed by atoms with Crippen molar-refractivity contribution in [1.29, 1.82) is 5.41 Å². The van der Waals surface area contributed by atoms with Gasteiger partial charge in [0.05, 0.1) is 11.0 Å². The molecule has 0 amide bonds. The number of nitrogens with two attached hydrogens (primary N) is 1. The van der Waals surface area contributed by atoms with Crippen molar-refractivity contribution in [3.05, 3.63) is 64.4 Å². The predicted molar refractivity (Wildman–Crippen MR) is 131 cm³/mol. The minimum Gasteiger partial charge on any atom is -0.384 e. The van der Waals surface area contributed by atoms with Crippen molar-refractivity contribution in [2.45, 2.75) is 64.6 Å². The highest BCUT2D eigenvalue weighted by Gasteiger charge is 2.23. The fourth-order valence-corrected chi connectivity index (χ4v) is 4.92. The molecule has 1 aliphatic rings. The molecule has 2 atom stereocenters. The number of amidine groups is 1. The zero-order valence-electron chi connectivity index (χ0n) is 19.1. The number of nitrogens with zero attached hydrogens (tertiary/aromatic N) is 3. The number of aromatic nitrogens is 2. The number of likely N-dealkylation sites (tertiary alicyclic amines) is 1. The van der Waals surface area contributed by atoms with E-state index >= 15 is 0 Å². The summed E-state index contributed by atoms with van der Waals surface area (Å²) in [4.78, 5) is 20.8. The summed E-state index contributed by atoms with van der Waals surface area (Å²) in [5.74, 6) is -0.0193. The number of hydrogen-bond acceptors (Lipinski definition) is 4. The highest BCUT2D eigenvalue weighted by Crippen LogP contribution is 2.23. The van der Waals surface area contributed by atoms with Crippen molar-refractivity contribution in [1.82, 2.24) is 14.5 Å². The van der Waals surface area contributed by atoms with Gasteiger partial charge in [0.2, 0.25) is 0 Å². The lowest BCUT2D eigenvalue weighted by atomic mass is 9.97. The van der Waals surface area contributed by atoms with Gasteiger partial charge in [-0.3, -0.25) is 15.1 Å². The summed E-state index contributed by atoms with van der Waals surface area (Å²) in [5.41, 5.74) is 8.92. The Labute approximate surface area is 189 Å². The van der Waals surface area contributed by atoms with Gasteiger partial charge in [0, 0.05) is 29.8 Å². The second-order valence-electron chi connectivity index (χ2n) is 8.97. The number of aryl methyl sites for hydroxylation is 1. The van der Waals surface area contributed by atoms with Crippen LogP contribution in [0.25, 0.3) is 22.3 Å². The van der Waals surface area contributed by atoms with Gasteiger partial charge in [-0.1, -0.05) is 36.8 Å². The van der Waals surface area contributed by atoms with E-state index in [-0.39, 0.29) is 11.4 Å². The van der Waals surface area contributed by atoms with Crippen molar-refractivity contribution >= 4 is 16.9 Å². The number of hydrogen-bond donors (Lipinski definition) is 2. The first-order valence-electron chi connectivity index (χ1n) is 11.7. The first-order chi connectivity index (χ1) is 15.5. The van der Waals surface area contributed by atoms with Crippen molar-refractivity contribution in [3.63, 3.8) is 0 Å². The fourth-order valence-electron chi connectivity index (χ4n) is 4.92. The van der Waals surface area contributed by atoms with Crippen LogP contribution in [0.1, 0.15) is 51.5 Å². The zero-order valence-corrected chi connectivity index (χ0v) is 19.1. The molecule has 32 heavy (non-hydrogen) atoms. The van der Waals surface area contributed by atoms with Gasteiger partial charge in [-0.05, 0) is 64.3 Å². The van der Waals surface area contributed by atoms with E-state index in [2.05, 4.69) is 23.7 Å². The van der Waals surface area contributed by atoms with Crippen LogP contribution in [0.15, 0.2) is 53.3 Å². The number of benzene rings is 2. The maximum atomic E-state index is 13.5. The van der Waals surface area contributed by atoms with Crippen molar-refractivity contribution < 1.29 is 0 Å². The molecule has 1 aliphatic heterocycles. The molecule has 0 spiro atoms. The van der Waals surface area contributed by atoms with Gasteiger partial charge in [0.15, 0.2) is 0 Å². The van der Waals surface area contributed by atoms with Crippen molar-refractivity contribution in [2.24, 2.45) is 5.73 Å². The summed E-state index contributed by atoms with van der Waals surface area (Å²) < 4.78 is 1.86. The Morgan fingerprint density at radius 3 is 2.53 bits per heavy atom. The number of nitrogen functional groups attached to an aromatic ring is 1. The molecule has 1 aromatic heterocycles. The third-order valence-electron chi connectivity index (χ3n) is 6.72. The Kier molecular flexibility index (Phi) is 6.70. The van der Waals surface area contributed by atoms with Crippen LogP contribution in [0.3, 0.4) is 0 Å². The maximum Gasteiger partial charge on any atom is 0.277 e. The monoisotopic (exact) mass is 431 g/mol. The lowest BCUT2D eigenvalue weighted by molar-refractivity contribution is 0.101. The fraction of sp³-hybridized carbons (Fsp3) is 0.423. The van der Waals surface area contributed by atoms with Crippen LogP contribution in [0.5, 0.6) is 0 Å². The lowest BCUT2D eigenvalue weighted by Crippen LogP contribution is -2.44. The molecule has 0 saturated carbocycles. The second-order valence-corrected chi connectivity index (χ2v) is 8.97. The standard InChI is InChI=1S/C26H33N5O/c1-18-9-7-10-19(2)30(18)15-5-6-16-31-23-14-4-3-13-22(23)29-24(26(31)32)20-11-8-12-21(17-20)25(27)28/h3-4,8,11-14,17-19H,5-7,9-10,15-16H2,1-2H3,(H3,27,28)/t18-,19+. The molecule has 1 saturated heterocycles. The molecule has 168 valence electrons. The van der Waals surface area contributed by atoms with E-state index in [0.717, 1.165) is 30.4 Å². The number of unbranched alkanes of at least 4 members (excludes halogenated alkanes) is 1. The van der Waals surface area contributed by atoms with Crippen LogP contribution in [-0.4, -0.2) is 38.9 Å². The zero-order chi connectivity index (χ0) is 22.7. The summed E-state index contributed by atoms with van der Waals surface area (Å²) in [6, 6.07) is 16.3. The Bertz CT molecular complexity index is 1160. The molecular formula is C26H33N5O. The van der Waals surface area contributed by atoms with Crippen LogP contribution in [-0.2, 0) is 6.54 Å². The number of fused-ring (bicyclic) bond motifs is 1. The van der Waals surface area contributed by atoms with Crippen LogP contribution in [0.2, 0.25) is 0 Å². The number of piperidine rings is 1. The van der Waals surface area contributed by atoms with Crippen LogP contribution >= 0.6 is 0 Å². The van der Waals surface area contributed by atoms with E-state index in [1.165, 1.54) is 19.3 Å². The minimum absolute atomic E-state index is 0.0193. The van der Waals surface area contributed by atoms with Gasteiger partial charge < -0.3 is 10.3 Å². The third kappa shape index (κ3) is 4.60. The molecule has 3 aromatic rings. The average Bonchev–Trinajstić information content (AvgIpc) is 2.79. The topological polar surface area (TPSA) is 88.0 Å². The Morgan fingerprint density at radius 1 is 1.06 bits per heavy atom. The molecule has 2 heterocycles. The summed E-state index contributed by atoms with van der Waals surface area (Å²) in [6.45, 7) is 6.40. The van der Waals surface area contributed by atoms with Gasteiger partial charge in [0.1, 0.15) is 11.5 Å². The van der Waals surface area contributed by atoms with Crippen molar-refractivity contribution in [2.75, 3.05) is 6.54 Å². The molecule has 6 heteroatoms. The summed E-state index contributed by atoms with van der Waals surface area (Å²) >= 11 is 0. The molecular weight excluding hydrogens is 398 g/mol. The Morgan fingerprint density at radius 2 is 1.78 bits per heavy atom. The molecule has 0 radical (unpaired) electrons. The van der Waals surface area contributed by atoms with Gasteiger partial charge in [-0.25, -0.2) is 4.98 Å². The maximum absolute atomic E-state index is 13.5. The van der Waals surface area contributed by atoms with Crippen molar-refractivity contribution in [3.8, 4) is 11.3 Å². The van der Waals surface area contributed by atoms with E-state index in [9.17, 15) is 4.79 Å². The molecule has 4 rings (SSSR count). The molecule has 0 aliphatic carbocycles. The van der Waals surface area contributed by atoms with E-state index in [0.29, 0.717) is 35.4 Å². The van der Waals surface area contributed by atoms with Crippen LogP contribution < -0.4 is 11.3 Å². The lowest BCUT2D eigenvalue weighted by Gasteiger charge is -2.39. The first kappa shape index (κ1) is 22.2. The highest BCUT2D eigenvalue weighted by atomic mass is 16.1. The summed E-state index contributed by atoms with van der Waals surface area (Å²) in [5, 5.41) is 7.72. The second kappa shape index (κ2) is 9.65. The molecule has 6 nitrogen and oxygen atoms in total. The quantitative estimate of drug-likeness (QED) is 0.330. The van der Waals surface area contributed by atoms with Crippen LogP contribution in [0, 0.1) is 5.41 Å². The molecule has 0 bridgehead atoms. The normalized spacial score (nSPS) is 19.3. The SMILES string of the molecule is C[C@@H]1CCC[C@H](C)N1CCCCn1c(=O)c(-c2cccc(C(=N)N)c2)nc2ccccc21. The molecule has 2 aromatic carbocycles. The van der Waals surface area contributed by atoms with Gasteiger partial charge in [0.25, 0.3) is 5.56 Å². The number of para-hydroxylation sites is 2. The minimum atomic E-state index is -0.0934. The van der Waals surface area contributed by atoms with Gasteiger partial charge >= 0.3 is 0 Å². The average molecular weight is 432 g/mol. The Hall–Kier alpha value is -2.99. The third-order valence-corrected chi connectivity index (χ3v) is 6.72. The molecule has 0 unspecified atom stereocenters. The predicted octanol–water partition coefficient (Wildman–Crippen LogP) is 4.39. The van der Waals surface area contributed by atoms with Gasteiger partial charge in [-0.2, -0.15) is 0 Å². The largest absolute Gasteiger partial charge is 0.384 e. The summed E-state index contributed by atoms with van der Waals surface area (Å²) in [6.07, 6.45) is 5.89. The number of rotatable bonds is 7. The van der Waals surface area contributed by atoms with E-state index < -0.39 is 0 Å². The van der Waals surface area contributed by atoms with E-state index in [1.807, 2.05) is 41.0 Å². The highest BCUT2D eigenvalue weighted by molar-refractivity contribution is 5.96. The number of nitrogens with one attached hydrogen (secondary N) is 1. The van der Waals surface area contributed by atoms with Crippen LogP contribution in [0.4, 0.5) is 0 Å². The van der Waals surface area contributed by atoms with E-state index in [4.69, 9.17) is 11.1 Å². The Balaban J connectivity index is 1.60. The van der Waals surface area contributed by atoms with Gasteiger partial charge in [-0.15, -0.1) is 0 Å². The summed E-state index contributed by atoms with van der Waals surface area (Å²) in [7, 11) is 0. The first-order valence-corrected chi connectivity index (χ1v) is 11.7. The smallest absolute Gasteiger partial charge is 0.277 e. The molecule has 3 N–H and O–H groups in total. The van der Waals surface area contributed by atoms with E-state index in [1.54, 1.807) is 12.1 Å². The molecule has 1 fully saturated rings.